The van der Waals surface area contributed by atoms with Crippen LogP contribution in [0.1, 0.15) is 38.6 Å². The minimum absolute atomic E-state index is 0.0293. The molecule has 0 saturated heterocycles. The average molecular weight is 225 g/mol. The maximum Gasteiger partial charge on any atom is 0.220 e. The van der Waals surface area contributed by atoms with Gasteiger partial charge in [0.05, 0.1) is 6.26 Å². The highest BCUT2D eigenvalue weighted by Crippen LogP contribution is 2.15. The second-order valence-electron chi connectivity index (χ2n) is 4.27. The van der Waals surface area contributed by atoms with Crippen molar-refractivity contribution in [1.82, 2.24) is 5.32 Å². The van der Waals surface area contributed by atoms with E-state index in [9.17, 15) is 9.90 Å². The summed E-state index contributed by atoms with van der Waals surface area (Å²) >= 11 is 0. The van der Waals surface area contributed by atoms with Crippen LogP contribution in [0.25, 0.3) is 0 Å². The molecular formula is C12H19NO3. The van der Waals surface area contributed by atoms with Crippen LogP contribution in [0.3, 0.4) is 0 Å². The van der Waals surface area contributed by atoms with Crippen LogP contribution in [0.2, 0.25) is 0 Å². The number of aliphatic hydroxyl groups excluding tert-OH is 1. The smallest absolute Gasteiger partial charge is 0.220 e. The molecule has 2 N–H and O–H groups in total. The van der Waals surface area contributed by atoms with Crippen LogP contribution in [0.4, 0.5) is 0 Å². The molecule has 0 saturated carbocycles. The first-order chi connectivity index (χ1) is 7.59. The highest BCUT2D eigenvalue weighted by Gasteiger charge is 2.10. The molecule has 0 bridgehead atoms. The summed E-state index contributed by atoms with van der Waals surface area (Å²) < 4.78 is 5.05. The Morgan fingerprint density at radius 2 is 2.31 bits per heavy atom. The van der Waals surface area contributed by atoms with Crippen molar-refractivity contribution in [2.45, 2.75) is 32.8 Å². The van der Waals surface area contributed by atoms with E-state index in [4.69, 9.17) is 4.42 Å². The van der Waals surface area contributed by atoms with Crippen LogP contribution in [0.5, 0.6) is 0 Å². The van der Waals surface area contributed by atoms with Crippen molar-refractivity contribution in [1.29, 1.82) is 0 Å². The van der Waals surface area contributed by atoms with Gasteiger partial charge >= 0.3 is 0 Å². The van der Waals surface area contributed by atoms with Crippen LogP contribution in [-0.4, -0.2) is 17.6 Å². The van der Waals surface area contributed by atoms with Crippen LogP contribution in [-0.2, 0) is 4.79 Å². The zero-order valence-electron chi connectivity index (χ0n) is 9.77. The summed E-state index contributed by atoms with van der Waals surface area (Å²) in [5.74, 6) is 0.926. The number of hydrogen-bond donors (Lipinski definition) is 2. The second-order valence-corrected chi connectivity index (χ2v) is 4.27. The van der Waals surface area contributed by atoms with Gasteiger partial charge in [-0.1, -0.05) is 13.8 Å². The fourth-order valence-electron chi connectivity index (χ4n) is 1.41. The second kappa shape index (κ2) is 6.33. The molecular weight excluding hydrogens is 206 g/mol. The van der Waals surface area contributed by atoms with Crippen molar-refractivity contribution >= 4 is 5.91 Å². The van der Waals surface area contributed by atoms with E-state index in [1.165, 1.54) is 6.26 Å². The van der Waals surface area contributed by atoms with Gasteiger partial charge in [0.25, 0.3) is 0 Å². The summed E-state index contributed by atoms with van der Waals surface area (Å²) in [6.07, 6.45) is 1.87. The predicted octanol–water partition coefficient (Wildman–Crippen LogP) is 1.87. The lowest BCUT2D eigenvalue weighted by molar-refractivity contribution is -0.121. The first kappa shape index (κ1) is 12.8. The molecule has 1 atom stereocenters. The number of aliphatic hydroxyl groups is 1. The summed E-state index contributed by atoms with van der Waals surface area (Å²) in [5.41, 5.74) is 0. The maximum atomic E-state index is 11.3. The zero-order valence-corrected chi connectivity index (χ0v) is 9.77. The molecule has 1 rings (SSSR count). The largest absolute Gasteiger partial charge is 0.467 e. The normalized spacial score (nSPS) is 12.8. The van der Waals surface area contributed by atoms with Gasteiger partial charge in [0, 0.05) is 13.0 Å². The molecule has 0 fully saturated rings. The number of nitrogens with one attached hydrogen (secondary N) is 1. The summed E-state index contributed by atoms with van der Waals surface area (Å²) in [5, 5.41) is 12.4. The molecule has 16 heavy (non-hydrogen) atoms. The minimum atomic E-state index is -0.644. The van der Waals surface area contributed by atoms with Gasteiger partial charge in [0.15, 0.2) is 0 Å². The van der Waals surface area contributed by atoms with Gasteiger partial charge in [0.2, 0.25) is 5.91 Å². The number of hydrogen-bond acceptors (Lipinski definition) is 3. The molecule has 1 unspecified atom stereocenters. The molecule has 0 spiro atoms. The molecule has 1 amide bonds. The molecule has 0 aliphatic heterocycles. The van der Waals surface area contributed by atoms with E-state index in [0.29, 0.717) is 31.1 Å². The van der Waals surface area contributed by atoms with Crippen LogP contribution < -0.4 is 5.32 Å². The van der Waals surface area contributed by atoms with Crippen molar-refractivity contribution < 1.29 is 14.3 Å². The molecule has 0 radical (unpaired) electrons. The molecule has 0 aliphatic carbocycles. The van der Waals surface area contributed by atoms with Gasteiger partial charge in [0.1, 0.15) is 11.9 Å². The topological polar surface area (TPSA) is 62.5 Å². The van der Waals surface area contributed by atoms with E-state index in [1.807, 2.05) is 13.8 Å². The predicted molar refractivity (Wildman–Crippen MR) is 60.7 cm³/mol. The number of carbonyl (C=O) groups excluding carboxylic acids is 1. The number of rotatable bonds is 6. The van der Waals surface area contributed by atoms with E-state index in [0.717, 1.165) is 0 Å². The number of carbonyl (C=O) groups is 1. The first-order valence-electron chi connectivity index (χ1n) is 5.57. The van der Waals surface area contributed by atoms with Gasteiger partial charge < -0.3 is 14.8 Å². The van der Waals surface area contributed by atoms with Crippen molar-refractivity contribution in [3.8, 4) is 0 Å². The van der Waals surface area contributed by atoms with E-state index in [-0.39, 0.29) is 5.91 Å². The van der Waals surface area contributed by atoms with E-state index >= 15 is 0 Å². The fraction of sp³-hybridized carbons (Fsp3) is 0.583. The SMILES string of the molecule is CC(C)CC(=O)NCCC(O)c1ccco1. The van der Waals surface area contributed by atoms with Crippen molar-refractivity contribution in [2.75, 3.05) is 6.54 Å². The Labute approximate surface area is 95.7 Å². The van der Waals surface area contributed by atoms with Gasteiger partial charge in [-0.3, -0.25) is 4.79 Å². The van der Waals surface area contributed by atoms with Gasteiger partial charge in [-0.05, 0) is 24.5 Å². The fourth-order valence-corrected chi connectivity index (χ4v) is 1.41. The van der Waals surface area contributed by atoms with E-state index in [2.05, 4.69) is 5.32 Å². The summed E-state index contributed by atoms with van der Waals surface area (Å²) in [6, 6.07) is 3.45. The Bertz CT molecular complexity index is 306. The minimum Gasteiger partial charge on any atom is -0.467 e. The lowest BCUT2D eigenvalue weighted by Crippen LogP contribution is -2.26. The molecule has 4 nitrogen and oxygen atoms in total. The zero-order chi connectivity index (χ0) is 12.0. The Kier molecular flexibility index (Phi) is 5.05. The molecule has 4 heteroatoms. The highest BCUT2D eigenvalue weighted by atomic mass is 16.4. The molecule has 1 heterocycles. The molecule has 1 aromatic rings. The van der Waals surface area contributed by atoms with Crippen LogP contribution in [0.15, 0.2) is 22.8 Å². The standard InChI is InChI=1S/C12H19NO3/c1-9(2)8-12(15)13-6-5-10(14)11-4-3-7-16-11/h3-4,7,9-10,14H,5-6,8H2,1-2H3,(H,13,15). The Hall–Kier alpha value is -1.29. The number of furan rings is 1. The molecule has 0 aliphatic rings. The first-order valence-corrected chi connectivity index (χ1v) is 5.57. The van der Waals surface area contributed by atoms with Gasteiger partial charge in [-0.2, -0.15) is 0 Å². The number of amides is 1. The van der Waals surface area contributed by atoms with Gasteiger partial charge in [-0.25, -0.2) is 0 Å². The molecule has 1 aromatic heterocycles. The summed E-state index contributed by atoms with van der Waals surface area (Å²) in [6.45, 7) is 4.46. The average Bonchev–Trinajstić information content (AvgIpc) is 2.68. The Morgan fingerprint density at radius 1 is 1.56 bits per heavy atom. The van der Waals surface area contributed by atoms with Crippen LogP contribution in [0, 0.1) is 5.92 Å². The molecule has 90 valence electrons. The van der Waals surface area contributed by atoms with Crippen LogP contribution >= 0.6 is 0 Å². The van der Waals surface area contributed by atoms with Crippen molar-refractivity contribution in [3.63, 3.8) is 0 Å². The van der Waals surface area contributed by atoms with Gasteiger partial charge in [-0.15, -0.1) is 0 Å². The highest BCUT2D eigenvalue weighted by molar-refractivity contribution is 5.75. The third kappa shape index (κ3) is 4.49. The quantitative estimate of drug-likeness (QED) is 0.776. The van der Waals surface area contributed by atoms with Crippen molar-refractivity contribution in [2.24, 2.45) is 5.92 Å². The van der Waals surface area contributed by atoms with Crippen molar-refractivity contribution in [3.05, 3.63) is 24.2 Å². The Morgan fingerprint density at radius 3 is 2.88 bits per heavy atom. The maximum absolute atomic E-state index is 11.3. The summed E-state index contributed by atoms with van der Waals surface area (Å²) in [4.78, 5) is 11.3. The Balaban J connectivity index is 2.18. The van der Waals surface area contributed by atoms with E-state index < -0.39 is 6.10 Å². The lowest BCUT2D eigenvalue weighted by atomic mass is 10.1. The molecule has 0 aromatic carbocycles. The third-order valence-electron chi connectivity index (χ3n) is 2.21. The monoisotopic (exact) mass is 225 g/mol. The third-order valence-corrected chi connectivity index (χ3v) is 2.21. The lowest BCUT2D eigenvalue weighted by Gasteiger charge is -2.09. The summed E-state index contributed by atoms with van der Waals surface area (Å²) in [7, 11) is 0. The van der Waals surface area contributed by atoms with E-state index in [1.54, 1.807) is 12.1 Å².